The van der Waals surface area contributed by atoms with Crippen LogP contribution in [0, 0.1) is 0 Å². The molecule has 0 amide bonds. The summed E-state index contributed by atoms with van der Waals surface area (Å²) < 4.78 is 9.26. The van der Waals surface area contributed by atoms with Gasteiger partial charge in [0.1, 0.15) is 5.75 Å². The first kappa shape index (κ1) is 18.1. The molecule has 0 saturated heterocycles. The molecule has 27 heavy (non-hydrogen) atoms. The summed E-state index contributed by atoms with van der Waals surface area (Å²) in [6.07, 6.45) is 2.14. The molecule has 0 bridgehead atoms. The Kier molecular flexibility index (Phi) is 5.22. The van der Waals surface area contributed by atoms with Gasteiger partial charge in [0, 0.05) is 32.8 Å². The number of fused-ring (bicyclic) bond motifs is 3. The minimum Gasteiger partial charge on any atom is -0.494 e. The minimum atomic E-state index is 0.761. The van der Waals surface area contributed by atoms with Crippen molar-refractivity contribution in [2.45, 2.75) is 33.2 Å². The molecule has 0 saturated carbocycles. The second kappa shape index (κ2) is 7.77. The molecule has 0 N–H and O–H groups in total. The average molecular weight is 422 g/mol. The van der Waals surface area contributed by atoms with Gasteiger partial charge in [-0.2, -0.15) is 0 Å². The van der Waals surface area contributed by atoms with Crippen LogP contribution in [-0.4, -0.2) is 11.2 Å². The number of nitrogens with zero attached hydrogens (tertiary/aromatic N) is 1. The largest absolute Gasteiger partial charge is 0.494 e. The lowest BCUT2D eigenvalue weighted by atomic mass is 10.0. The Balaban J connectivity index is 1.82. The van der Waals surface area contributed by atoms with Crippen LogP contribution < -0.4 is 4.74 Å². The van der Waals surface area contributed by atoms with Crippen molar-refractivity contribution in [2.24, 2.45) is 0 Å². The summed E-state index contributed by atoms with van der Waals surface area (Å²) >= 11 is 3.64. The molecule has 0 radical (unpaired) electrons. The van der Waals surface area contributed by atoms with E-state index in [0.717, 1.165) is 36.2 Å². The number of ether oxygens (including phenoxy) is 1. The number of halogens is 1. The highest BCUT2D eigenvalue weighted by Gasteiger charge is 2.12. The van der Waals surface area contributed by atoms with Gasteiger partial charge >= 0.3 is 0 Å². The lowest BCUT2D eigenvalue weighted by molar-refractivity contribution is 0.317. The first-order valence-corrected chi connectivity index (χ1v) is 10.4. The topological polar surface area (TPSA) is 14.2 Å². The molecule has 138 valence electrons. The van der Waals surface area contributed by atoms with Crippen molar-refractivity contribution >= 4 is 37.7 Å². The number of aryl methyl sites for hydroxylation is 1. The van der Waals surface area contributed by atoms with Gasteiger partial charge in [-0.25, -0.2) is 0 Å². The fourth-order valence-corrected chi connectivity index (χ4v) is 4.04. The van der Waals surface area contributed by atoms with Crippen LogP contribution in [0.15, 0.2) is 65.1 Å². The van der Waals surface area contributed by atoms with Crippen LogP contribution in [0.4, 0.5) is 0 Å². The van der Waals surface area contributed by atoms with E-state index in [1.807, 2.05) is 0 Å². The maximum Gasteiger partial charge on any atom is 0.119 e. The van der Waals surface area contributed by atoms with Crippen molar-refractivity contribution in [3.63, 3.8) is 0 Å². The second-order valence-electron chi connectivity index (χ2n) is 6.92. The van der Waals surface area contributed by atoms with Gasteiger partial charge in [0.2, 0.25) is 0 Å². The third-order valence-corrected chi connectivity index (χ3v) is 5.43. The van der Waals surface area contributed by atoms with E-state index in [1.165, 1.54) is 32.9 Å². The normalized spacial score (nSPS) is 11.4. The van der Waals surface area contributed by atoms with Gasteiger partial charge in [-0.1, -0.05) is 48.0 Å². The van der Waals surface area contributed by atoms with E-state index in [9.17, 15) is 0 Å². The first-order valence-electron chi connectivity index (χ1n) is 9.66. The van der Waals surface area contributed by atoms with Crippen LogP contribution in [0.5, 0.6) is 5.75 Å². The highest BCUT2D eigenvalue weighted by Crippen LogP contribution is 2.34. The fourth-order valence-electron chi connectivity index (χ4n) is 3.68. The summed E-state index contributed by atoms with van der Waals surface area (Å²) in [4.78, 5) is 0. The molecule has 1 heterocycles. The standard InChI is InChI=1S/C24H24BrNO/c1-3-13-26-23-11-7-18(17-5-9-20(10-6-17)27-14-4-2)15-21(23)22-16-19(25)8-12-24(22)26/h5-12,15-16H,3-4,13-14H2,1-2H3. The predicted octanol–water partition coefficient (Wildman–Crippen LogP) is 7.42. The van der Waals surface area contributed by atoms with Crippen LogP contribution in [0.25, 0.3) is 32.9 Å². The summed E-state index contributed by atoms with van der Waals surface area (Å²) in [5.41, 5.74) is 5.05. The van der Waals surface area contributed by atoms with Crippen molar-refractivity contribution in [1.29, 1.82) is 0 Å². The molecular weight excluding hydrogens is 398 g/mol. The van der Waals surface area contributed by atoms with Crippen molar-refractivity contribution < 1.29 is 4.74 Å². The average Bonchev–Trinajstić information content (AvgIpc) is 2.99. The predicted molar refractivity (Wildman–Crippen MR) is 119 cm³/mol. The molecule has 3 aromatic carbocycles. The number of rotatable bonds is 6. The van der Waals surface area contributed by atoms with Crippen molar-refractivity contribution in [3.8, 4) is 16.9 Å². The fraction of sp³-hybridized carbons (Fsp3) is 0.250. The second-order valence-corrected chi connectivity index (χ2v) is 7.83. The van der Waals surface area contributed by atoms with Gasteiger partial charge in [-0.3, -0.25) is 0 Å². The van der Waals surface area contributed by atoms with Gasteiger partial charge in [0.15, 0.2) is 0 Å². The highest BCUT2D eigenvalue weighted by atomic mass is 79.9. The molecule has 4 rings (SSSR count). The molecular formula is C24H24BrNO. The van der Waals surface area contributed by atoms with Crippen LogP contribution >= 0.6 is 15.9 Å². The number of hydrogen-bond donors (Lipinski definition) is 0. The number of hydrogen-bond acceptors (Lipinski definition) is 1. The molecule has 0 fully saturated rings. The summed E-state index contributed by atoms with van der Waals surface area (Å²) in [5.74, 6) is 0.935. The quantitative estimate of drug-likeness (QED) is 0.315. The Labute approximate surface area is 168 Å². The molecule has 2 nitrogen and oxygen atoms in total. The summed E-state index contributed by atoms with van der Waals surface area (Å²) in [6, 6.07) is 21.8. The molecule has 0 aliphatic heterocycles. The maximum absolute atomic E-state index is 5.71. The van der Waals surface area contributed by atoms with Gasteiger partial charge in [0.05, 0.1) is 6.61 Å². The van der Waals surface area contributed by atoms with Crippen molar-refractivity contribution in [1.82, 2.24) is 4.57 Å². The smallest absolute Gasteiger partial charge is 0.119 e. The maximum atomic E-state index is 5.71. The van der Waals surface area contributed by atoms with E-state index in [4.69, 9.17) is 4.74 Å². The summed E-state index contributed by atoms with van der Waals surface area (Å²) in [5, 5.41) is 2.61. The zero-order valence-electron chi connectivity index (χ0n) is 15.8. The molecule has 0 spiro atoms. The van der Waals surface area contributed by atoms with Gasteiger partial charge in [-0.05, 0) is 66.4 Å². The Morgan fingerprint density at radius 1 is 0.778 bits per heavy atom. The molecule has 0 atom stereocenters. The van der Waals surface area contributed by atoms with Gasteiger partial charge < -0.3 is 9.30 Å². The summed E-state index contributed by atoms with van der Waals surface area (Å²) in [6.45, 7) is 6.14. The SMILES string of the molecule is CCCOc1ccc(-c2ccc3c(c2)c2cc(Br)ccc2n3CCC)cc1. The first-order chi connectivity index (χ1) is 13.2. The minimum absolute atomic E-state index is 0.761. The van der Waals surface area contributed by atoms with Crippen LogP contribution in [0.2, 0.25) is 0 Å². The lowest BCUT2D eigenvalue weighted by Gasteiger charge is -2.08. The zero-order chi connectivity index (χ0) is 18.8. The van der Waals surface area contributed by atoms with Gasteiger partial charge in [0.25, 0.3) is 0 Å². The van der Waals surface area contributed by atoms with Crippen LogP contribution in [0.3, 0.4) is 0 Å². The Morgan fingerprint density at radius 3 is 2.15 bits per heavy atom. The Hall–Kier alpha value is -2.26. The van der Waals surface area contributed by atoms with Crippen molar-refractivity contribution in [2.75, 3.05) is 6.61 Å². The van der Waals surface area contributed by atoms with E-state index in [-0.39, 0.29) is 0 Å². The Morgan fingerprint density at radius 2 is 1.44 bits per heavy atom. The highest BCUT2D eigenvalue weighted by molar-refractivity contribution is 9.10. The van der Waals surface area contributed by atoms with Gasteiger partial charge in [-0.15, -0.1) is 0 Å². The monoisotopic (exact) mass is 421 g/mol. The van der Waals surface area contributed by atoms with E-state index >= 15 is 0 Å². The molecule has 0 unspecified atom stereocenters. The van der Waals surface area contributed by atoms with E-state index in [1.54, 1.807) is 0 Å². The zero-order valence-corrected chi connectivity index (χ0v) is 17.4. The number of aromatic nitrogens is 1. The Bertz CT molecular complexity index is 1080. The third kappa shape index (κ3) is 3.49. The van der Waals surface area contributed by atoms with E-state index in [2.05, 4.69) is 95.0 Å². The van der Waals surface area contributed by atoms with Crippen LogP contribution in [-0.2, 0) is 6.54 Å². The molecule has 4 aromatic rings. The van der Waals surface area contributed by atoms with E-state index < -0.39 is 0 Å². The molecule has 3 heteroatoms. The lowest BCUT2D eigenvalue weighted by Crippen LogP contribution is -1.95. The third-order valence-electron chi connectivity index (χ3n) is 4.93. The van der Waals surface area contributed by atoms with Crippen LogP contribution in [0.1, 0.15) is 26.7 Å². The molecule has 1 aromatic heterocycles. The van der Waals surface area contributed by atoms with Crippen molar-refractivity contribution in [3.05, 3.63) is 65.1 Å². The number of benzene rings is 3. The summed E-state index contributed by atoms with van der Waals surface area (Å²) in [7, 11) is 0. The molecule has 0 aliphatic rings. The molecule has 0 aliphatic carbocycles. The van der Waals surface area contributed by atoms with E-state index in [0.29, 0.717) is 0 Å².